The molecule has 2 rings (SSSR count). The summed E-state index contributed by atoms with van der Waals surface area (Å²) < 4.78 is 21.3. The normalized spacial score (nSPS) is 11.9. The van der Waals surface area contributed by atoms with Crippen molar-refractivity contribution >= 4 is 11.9 Å². The molecule has 0 spiro atoms. The Kier molecular flexibility index (Phi) is 13.1. The van der Waals surface area contributed by atoms with Gasteiger partial charge in [-0.2, -0.15) is 0 Å². The van der Waals surface area contributed by atoms with Crippen molar-refractivity contribution in [2.45, 2.75) is 85.0 Å². The van der Waals surface area contributed by atoms with Gasteiger partial charge in [0.25, 0.3) is 0 Å². The first kappa shape index (κ1) is 34.1. The van der Waals surface area contributed by atoms with Crippen molar-refractivity contribution in [1.82, 2.24) is 0 Å². The molecule has 2 aromatic rings. The van der Waals surface area contributed by atoms with E-state index in [4.69, 9.17) is 18.9 Å². The largest absolute Gasteiger partial charge is 0.508 e. The highest BCUT2D eigenvalue weighted by Gasteiger charge is 2.21. The van der Waals surface area contributed by atoms with Crippen LogP contribution in [0.3, 0.4) is 0 Å². The number of hydrogen-bond acceptors (Lipinski definition) is 8. The molecule has 0 radical (unpaired) electrons. The summed E-state index contributed by atoms with van der Waals surface area (Å²) >= 11 is 0. The maximum Gasteiger partial charge on any atom is 0.306 e. The Morgan fingerprint density at radius 1 is 0.659 bits per heavy atom. The molecule has 2 aromatic carbocycles. The summed E-state index contributed by atoms with van der Waals surface area (Å²) in [6, 6.07) is 9.29. The first-order chi connectivity index (χ1) is 19.2. The zero-order valence-electron chi connectivity index (χ0n) is 25.8. The molecule has 0 aliphatic rings. The molecule has 2 N–H and O–H groups in total. The highest BCUT2D eigenvalue weighted by atomic mass is 16.6. The number of ether oxygens (including phenoxy) is 4. The molecule has 0 atom stereocenters. The van der Waals surface area contributed by atoms with Crippen molar-refractivity contribution in [2.24, 2.45) is 0 Å². The van der Waals surface area contributed by atoms with Crippen molar-refractivity contribution < 1.29 is 38.7 Å². The Balaban J connectivity index is 1.51. The highest BCUT2D eigenvalue weighted by molar-refractivity contribution is 5.70. The summed E-state index contributed by atoms with van der Waals surface area (Å²) in [4.78, 5) is 24.1. The second-order valence-electron chi connectivity index (χ2n) is 12.3. The van der Waals surface area contributed by atoms with Crippen molar-refractivity contribution in [3.8, 4) is 11.5 Å². The summed E-state index contributed by atoms with van der Waals surface area (Å²) in [6.45, 7) is 15.6. The van der Waals surface area contributed by atoms with E-state index in [1.807, 2.05) is 72.7 Å². The van der Waals surface area contributed by atoms with Crippen LogP contribution in [-0.4, -0.2) is 61.8 Å². The van der Waals surface area contributed by atoms with E-state index in [0.29, 0.717) is 31.8 Å². The molecular weight excluding hydrogens is 524 g/mol. The van der Waals surface area contributed by atoms with Gasteiger partial charge in [0.15, 0.2) is 0 Å². The van der Waals surface area contributed by atoms with Crippen molar-refractivity contribution in [1.29, 1.82) is 0 Å². The number of phenolic OH excluding ortho intramolecular Hbond substituents is 2. The third-order valence-corrected chi connectivity index (χ3v) is 6.63. The standard InChI is InChI=1S/C33H48O8/c1-23-20-25(22-27(31(23)37)33(5,6)7)10-13-30(36)41-19-17-39-15-14-38-16-18-40-29(35)12-9-24-8-11-28(34)26(21-24)32(2,3)4/h8,11,20-22,34,37H,9-10,12-19H2,1-7H3. The SMILES string of the molecule is Cc1cc(CCC(=O)OCCOCCOCCOC(=O)CCc2ccc(O)c(C(C)(C)C)c2)cc(C(C)(C)C)c1O. The van der Waals surface area contributed by atoms with Gasteiger partial charge in [0.1, 0.15) is 24.7 Å². The molecule has 228 valence electrons. The van der Waals surface area contributed by atoms with E-state index >= 15 is 0 Å². The molecule has 0 aliphatic heterocycles. The lowest BCUT2D eigenvalue weighted by Gasteiger charge is -2.22. The van der Waals surface area contributed by atoms with Gasteiger partial charge in [0, 0.05) is 12.8 Å². The van der Waals surface area contributed by atoms with E-state index in [-0.39, 0.29) is 67.8 Å². The first-order valence-electron chi connectivity index (χ1n) is 14.3. The second kappa shape index (κ2) is 15.8. The van der Waals surface area contributed by atoms with E-state index in [1.54, 1.807) is 6.07 Å². The number of benzene rings is 2. The lowest BCUT2D eigenvalue weighted by atomic mass is 9.83. The van der Waals surface area contributed by atoms with Crippen molar-refractivity contribution in [3.05, 3.63) is 58.1 Å². The number of esters is 2. The summed E-state index contributed by atoms with van der Waals surface area (Å²) in [5, 5.41) is 20.4. The smallest absolute Gasteiger partial charge is 0.306 e. The van der Waals surface area contributed by atoms with Gasteiger partial charge < -0.3 is 29.2 Å². The van der Waals surface area contributed by atoms with E-state index in [0.717, 1.165) is 27.8 Å². The van der Waals surface area contributed by atoms with E-state index in [1.165, 1.54) is 0 Å². The molecule has 0 aliphatic carbocycles. The van der Waals surface area contributed by atoms with Crippen LogP contribution in [0, 0.1) is 6.92 Å². The number of rotatable bonds is 15. The van der Waals surface area contributed by atoms with Crippen LogP contribution < -0.4 is 0 Å². The van der Waals surface area contributed by atoms with Crippen LogP contribution in [0.15, 0.2) is 30.3 Å². The number of phenols is 2. The molecule has 0 saturated carbocycles. The molecule has 0 fully saturated rings. The molecule has 0 unspecified atom stereocenters. The van der Waals surface area contributed by atoms with Crippen LogP contribution in [-0.2, 0) is 52.2 Å². The monoisotopic (exact) mass is 572 g/mol. The van der Waals surface area contributed by atoms with Gasteiger partial charge in [-0.15, -0.1) is 0 Å². The Morgan fingerprint density at radius 3 is 1.63 bits per heavy atom. The van der Waals surface area contributed by atoms with Gasteiger partial charge in [-0.1, -0.05) is 65.8 Å². The molecule has 0 aromatic heterocycles. The van der Waals surface area contributed by atoms with Gasteiger partial charge in [-0.25, -0.2) is 0 Å². The second-order valence-corrected chi connectivity index (χ2v) is 12.3. The maximum atomic E-state index is 12.1. The number of hydrogen-bond donors (Lipinski definition) is 2. The molecule has 8 heteroatoms. The quantitative estimate of drug-likeness (QED) is 0.207. The third-order valence-electron chi connectivity index (χ3n) is 6.63. The Bertz CT molecular complexity index is 1140. The topological polar surface area (TPSA) is 112 Å². The van der Waals surface area contributed by atoms with Gasteiger partial charge in [0.2, 0.25) is 0 Å². The fraction of sp³-hybridized carbons (Fsp3) is 0.576. The number of carbonyl (C=O) groups excluding carboxylic acids is 2. The van der Waals surface area contributed by atoms with Crippen LogP contribution in [0.2, 0.25) is 0 Å². The van der Waals surface area contributed by atoms with Gasteiger partial charge in [-0.3, -0.25) is 9.59 Å². The van der Waals surface area contributed by atoms with Crippen LogP contribution >= 0.6 is 0 Å². The Labute approximate surface area is 245 Å². The summed E-state index contributed by atoms with van der Waals surface area (Å²) in [7, 11) is 0. The number of aromatic hydroxyl groups is 2. The predicted molar refractivity (Wildman–Crippen MR) is 159 cm³/mol. The third kappa shape index (κ3) is 12.1. The molecule has 0 amide bonds. The lowest BCUT2D eigenvalue weighted by molar-refractivity contribution is -0.146. The molecule has 0 bridgehead atoms. The fourth-order valence-electron chi connectivity index (χ4n) is 4.30. The molecular formula is C33H48O8. The van der Waals surface area contributed by atoms with Crippen LogP contribution in [0.4, 0.5) is 0 Å². The molecule has 0 heterocycles. The molecule has 41 heavy (non-hydrogen) atoms. The first-order valence-corrected chi connectivity index (χ1v) is 14.3. The van der Waals surface area contributed by atoms with Crippen LogP contribution in [0.5, 0.6) is 11.5 Å². The minimum atomic E-state index is -0.299. The zero-order chi connectivity index (χ0) is 30.6. The van der Waals surface area contributed by atoms with E-state index in [9.17, 15) is 19.8 Å². The maximum absolute atomic E-state index is 12.1. The average molecular weight is 573 g/mol. The predicted octanol–water partition coefficient (Wildman–Crippen LogP) is 5.69. The van der Waals surface area contributed by atoms with E-state index in [2.05, 4.69) is 0 Å². The van der Waals surface area contributed by atoms with Gasteiger partial charge in [0.05, 0.1) is 26.4 Å². The lowest BCUT2D eigenvalue weighted by Crippen LogP contribution is -2.15. The Hall–Kier alpha value is -3.10. The van der Waals surface area contributed by atoms with Crippen molar-refractivity contribution in [2.75, 3.05) is 39.6 Å². The zero-order valence-corrected chi connectivity index (χ0v) is 25.8. The number of aryl methyl sites for hydroxylation is 3. The van der Waals surface area contributed by atoms with Crippen LogP contribution in [0.25, 0.3) is 0 Å². The number of carbonyl (C=O) groups is 2. The fourth-order valence-corrected chi connectivity index (χ4v) is 4.30. The van der Waals surface area contributed by atoms with Crippen molar-refractivity contribution in [3.63, 3.8) is 0 Å². The van der Waals surface area contributed by atoms with E-state index < -0.39 is 0 Å². The molecule has 0 saturated heterocycles. The minimum Gasteiger partial charge on any atom is -0.508 e. The summed E-state index contributed by atoms with van der Waals surface area (Å²) in [6.07, 6.45) is 1.58. The Morgan fingerprint density at radius 2 is 1.12 bits per heavy atom. The van der Waals surface area contributed by atoms with Gasteiger partial charge >= 0.3 is 11.9 Å². The summed E-state index contributed by atoms with van der Waals surface area (Å²) in [5.41, 5.74) is 4.12. The minimum absolute atomic E-state index is 0.163. The average Bonchev–Trinajstić information content (AvgIpc) is 2.88. The van der Waals surface area contributed by atoms with Gasteiger partial charge in [-0.05, 0) is 64.5 Å². The molecule has 8 nitrogen and oxygen atoms in total. The van der Waals surface area contributed by atoms with Crippen LogP contribution in [0.1, 0.15) is 82.2 Å². The highest BCUT2D eigenvalue weighted by Crippen LogP contribution is 2.34. The summed E-state index contributed by atoms with van der Waals surface area (Å²) in [5.74, 6) is -0.0256.